The zero-order chi connectivity index (χ0) is 14.8. The van der Waals surface area contributed by atoms with Gasteiger partial charge in [0.2, 0.25) is 5.89 Å². The van der Waals surface area contributed by atoms with Gasteiger partial charge >= 0.3 is 12.3 Å². The molecule has 0 radical (unpaired) electrons. The fourth-order valence-corrected chi connectivity index (χ4v) is 1.66. The lowest BCUT2D eigenvalue weighted by molar-refractivity contribution is -0.151. The van der Waals surface area contributed by atoms with E-state index in [0.29, 0.717) is 5.56 Å². The Kier molecular flexibility index (Phi) is 4.03. The van der Waals surface area contributed by atoms with Crippen molar-refractivity contribution in [2.75, 3.05) is 7.05 Å². The molecule has 1 atom stereocenters. The summed E-state index contributed by atoms with van der Waals surface area (Å²) in [6.07, 6.45) is -3.90. The van der Waals surface area contributed by atoms with Crippen molar-refractivity contribution >= 4 is 0 Å². The van der Waals surface area contributed by atoms with Crippen molar-refractivity contribution in [2.24, 2.45) is 0 Å². The van der Waals surface area contributed by atoms with Crippen molar-refractivity contribution in [3.63, 3.8) is 0 Å². The van der Waals surface area contributed by atoms with E-state index in [9.17, 15) is 17.6 Å². The molecule has 1 unspecified atom stereocenters. The van der Waals surface area contributed by atoms with Crippen LogP contribution >= 0.6 is 0 Å². The average Bonchev–Trinajstić information content (AvgIpc) is 2.91. The van der Waals surface area contributed by atoms with Crippen molar-refractivity contribution < 1.29 is 22.0 Å². The van der Waals surface area contributed by atoms with Gasteiger partial charge in [-0.3, -0.25) is 0 Å². The van der Waals surface area contributed by atoms with Gasteiger partial charge in [-0.15, -0.1) is 10.2 Å². The third kappa shape index (κ3) is 2.64. The number of aromatic nitrogens is 2. The monoisotopic (exact) mass is 289 g/mol. The standard InChI is InChI=1S/C12H11F4N3O/c1-17-8(7-5-3-2-4-6-7)9-18-19-11(20-9)12(15,16)10(13)14/h2-6,8,10,17H,1H3. The molecule has 1 N–H and O–H groups in total. The van der Waals surface area contributed by atoms with Gasteiger partial charge in [-0.2, -0.15) is 8.78 Å². The van der Waals surface area contributed by atoms with E-state index >= 15 is 0 Å². The molecule has 2 aromatic rings. The molecule has 4 nitrogen and oxygen atoms in total. The van der Waals surface area contributed by atoms with Gasteiger partial charge in [0.25, 0.3) is 5.89 Å². The summed E-state index contributed by atoms with van der Waals surface area (Å²) >= 11 is 0. The first-order chi connectivity index (χ1) is 9.46. The SMILES string of the molecule is CNC(c1ccccc1)c1nnc(C(F)(F)C(F)F)o1. The van der Waals surface area contributed by atoms with E-state index in [-0.39, 0.29) is 5.89 Å². The van der Waals surface area contributed by atoms with Crippen LogP contribution in [0, 0.1) is 0 Å². The number of hydrogen-bond acceptors (Lipinski definition) is 4. The number of halogens is 4. The minimum absolute atomic E-state index is 0.200. The molecule has 2 rings (SSSR count). The largest absolute Gasteiger partial charge is 0.417 e. The van der Waals surface area contributed by atoms with E-state index in [4.69, 9.17) is 4.42 Å². The third-order valence-corrected chi connectivity index (χ3v) is 2.67. The maximum Gasteiger partial charge on any atom is 0.382 e. The summed E-state index contributed by atoms with van der Waals surface area (Å²) in [4.78, 5) is 0. The van der Waals surface area contributed by atoms with Crippen molar-refractivity contribution in [3.05, 3.63) is 47.7 Å². The molecule has 1 aromatic heterocycles. The number of hydrogen-bond donors (Lipinski definition) is 1. The highest BCUT2D eigenvalue weighted by molar-refractivity contribution is 5.23. The zero-order valence-corrected chi connectivity index (χ0v) is 10.4. The maximum absolute atomic E-state index is 13.1. The van der Waals surface area contributed by atoms with Gasteiger partial charge in [-0.05, 0) is 12.6 Å². The molecule has 0 saturated heterocycles. The van der Waals surface area contributed by atoms with Crippen LogP contribution in [0.4, 0.5) is 17.6 Å². The molecule has 0 aliphatic heterocycles. The fourth-order valence-electron chi connectivity index (χ4n) is 1.66. The van der Waals surface area contributed by atoms with E-state index in [1.165, 1.54) is 0 Å². The van der Waals surface area contributed by atoms with Gasteiger partial charge in [-0.1, -0.05) is 30.3 Å². The topological polar surface area (TPSA) is 51.0 Å². The normalized spacial score (nSPS) is 13.7. The second kappa shape index (κ2) is 5.58. The summed E-state index contributed by atoms with van der Waals surface area (Å²) in [5, 5.41) is 9.24. The van der Waals surface area contributed by atoms with Gasteiger partial charge in [0.15, 0.2) is 0 Å². The minimum atomic E-state index is -4.46. The van der Waals surface area contributed by atoms with Crippen molar-refractivity contribution in [1.29, 1.82) is 0 Å². The lowest BCUT2D eigenvalue weighted by Crippen LogP contribution is -2.24. The lowest BCUT2D eigenvalue weighted by Gasteiger charge is -2.12. The minimum Gasteiger partial charge on any atom is -0.417 e. The van der Waals surface area contributed by atoms with E-state index in [1.54, 1.807) is 37.4 Å². The van der Waals surface area contributed by atoms with Crippen LogP contribution in [-0.4, -0.2) is 23.7 Å². The molecule has 1 aromatic carbocycles. The predicted molar refractivity (Wildman–Crippen MR) is 61.5 cm³/mol. The first-order valence-electron chi connectivity index (χ1n) is 5.69. The molecule has 0 spiro atoms. The Morgan fingerprint density at radius 2 is 1.80 bits per heavy atom. The Balaban J connectivity index is 2.32. The average molecular weight is 289 g/mol. The summed E-state index contributed by atoms with van der Waals surface area (Å²) in [5.41, 5.74) is 0.686. The molecule has 0 aliphatic carbocycles. The summed E-state index contributed by atoms with van der Waals surface area (Å²) in [6, 6.07) is 8.05. The van der Waals surface area contributed by atoms with Gasteiger partial charge in [0.05, 0.1) is 0 Å². The molecule has 0 aliphatic rings. The summed E-state index contributed by atoms with van der Waals surface area (Å²) in [7, 11) is 1.56. The van der Waals surface area contributed by atoms with E-state index in [2.05, 4.69) is 15.5 Å². The third-order valence-electron chi connectivity index (χ3n) is 2.67. The molecule has 0 saturated carbocycles. The highest BCUT2D eigenvalue weighted by Crippen LogP contribution is 2.34. The lowest BCUT2D eigenvalue weighted by atomic mass is 10.1. The zero-order valence-electron chi connectivity index (χ0n) is 10.4. The number of nitrogens with one attached hydrogen (secondary N) is 1. The van der Waals surface area contributed by atoms with Crippen LogP contribution in [0.15, 0.2) is 34.7 Å². The van der Waals surface area contributed by atoms with E-state index in [0.717, 1.165) is 0 Å². The van der Waals surface area contributed by atoms with E-state index in [1.807, 2.05) is 0 Å². The van der Waals surface area contributed by atoms with Crippen LogP contribution in [0.5, 0.6) is 0 Å². The molecule has 1 heterocycles. The van der Waals surface area contributed by atoms with Crippen LogP contribution < -0.4 is 5.32 Å². The summed E-state index contributed by atoms with van der Waals surface area (Å²) in [5.74, 6) is -6.05. The fraction of sp³-hybridized carbons (Fsp3) is 0.333. The maximum atomic E-state index is 13.1. The Morgan fingerprint density at radius 1 is 1.15 bits per heavy atom. The van der Waals surface area contributed by atoms with Crippen LogP contribution in [-0.2, 0) is 5.92 Å². The molecule has 0 fully saturated rings. The van der Waals surface area contributed by atoms with Crippen LogP contribution in [0.2, 0.25) is 0 Å². The second-order valence-corrected chi connectivity index (χ2v) is 4.00. The molecule has 108 valence electrons. The Hall–Kier alpha value is -1.96. The van der Waals surface area contributed by atoms with E-state index < -0.39 is 24.3 Å². The van der Waals surface area contributed by atoms with Gasteiger partial charge in [-0.25, -0.2) is 8.78 Å². The predicted octanol–water partition coefficient (Wildman–Crippen LogP) is 2.74. The quantitative estimate of drug-likeness (QED) is 0.860. The van der Waals surface area contributed by atoms with Crippen LogP contribution in [0.3, 0.4) is 0 Å². The molecule has 0 amide bonds. The van der Waals surface area contributed by atoms with Gasteiger partial charge in [0, 0.05) is 0 Å². The Labute approximate surface area is 111 Å². The molecule has 20 heavy (non-hydrogen) atoms. The van der Waals surface area contributed by atoms with Gasteiger partial charge in [0.1, 0.15) is 6.04 Å². The molecular formula is C12H11F4N3O. The van der Waals surface area contributed by atoms with Crippen LogP contribution in [0.25, 0.3) is 0 Å². The van der Waals surface area contributed by atoms with Crippen molar-refractivity contribution in [2.45, 2.75) is 18.4 Å². The number of alkyl halides is 4. The van der Waals surface area contributed by atoms with Crippen LogP contribution in [0.1, 0.15) is 23.4 Å². The first-order valence-corrected chi connectivity index (χ1v) is 5.69. The Bertz CT molecular complexity index is 559. The first kappa shape index (κ1) is 14.4. The molecule has 8 heteroatoms. The van der Waals surface area contributed by atoms with Gasteiger partial charge < -0.3 is 9.73 Å². The van der Waals surface area contributed by atoms with Crippen molar-refractivity contribution in [1.82, 2.24) is 15.5 Å². The smallest absolute Gasteiger partial charge is 0.382 e. The molecule has 0 bridgehead atoms. The summed E-state index contributed by atoms with van der Waals surface area (Å²) in [6.45, 7) is 0. The number of benzene rings is 1. The highest BCUT2D eigenvalue weighted by atomic mass is 19.3. The Morgan fingerprint density at radius 3 is 2.35 bits per heavy atom. The second-order valence-electron chi connectivity index (χ2n) is 4.00. The number of nitrogens with zero attached hydrogens (tertiary/aromatic N) is 2. The van der Waals surface area contributed by atoms with Crippen molar-refractivity contribution in [3.8, 4) is 0 Å². The highest BCUT2D eigenvalue weighted by Gasteiger charge is 2.48. The number of rotatable bonds is 5. The summed E-state index contributed by atoms with van der Waals surface area (Å²) < 4.78 is 55.3. The molecular weight excluding hydrogens is 278 g/mol.